The molecule has 1 aliphatic rings. The number of aromatic nitrogens is 2. The highest BCUT2D eigenvalue weighted by atomic mass is 15.2. The van der Waals surface area contributed by atoms with E-state index in [9.17, 15) is 0 Å². The zero-order valence-corrected chi connectivity index (χ0v) is 27.1. The van der Waals surface area contributed by atoms with Gasteiger partial charge in [-0.3, -0.25) is 0 Å². The van der Waals surface area contributed by atoms with E-state index in [0.717, 1.165) is 79.6 Å². The molecule has 6 aromatic rings. The van der Waals surface area contributed by atoms with Crippen molar-refractivity contribution < 1.29 is 0 Å². The van der Waals surface area contributed by atoms with Crippen LogP contribution in [0.4, 0.5) is 17.1 Å². The second-order valence-corrected chi connectivity index (χ2v) is 12.0. The largest absolute Gasteiger partial charge is 0.397 e. The van der Waals surface area contributed by atoms with Crippen LogP contribution in [0.5, 0.6) is 0 Å². The Balaban J connectivity index is 1.30. The van der Waals surface area contributed by atoms with E-state index in [1.165, 1.54) is 5.56 Å². The summed E-state index contributed by atoms with van der Waals surface area (Å²) in [7, 11) is 0. The smallest absolute Gasteiger partial charge is 0.160 e. The van der Waals surface area contributed by atoms with Crippen LogP contribution in [0.15, 0.2) is 140 Å². The van der Waals surface area contributed by atoms with Gasteiger partial charge in [-0.1, -0.05) is 134 Å². The number of hydrogen-bond acceptors (Lipinski definition) is 4. The van der Waals surface area contributed by atoms with Gasteiger partial charge in [0.05, 0.1) is 22.8 Å². The average molecular weight is 611 g/mol. The number of nitrogen functional groups attached to an aromatic ring is 1. The maximum Gasteiger partial charge on any atom is 0.160 e. The highest BCUT2D eigenvalue weighted by molar-refractivity contribution is 5.96. The third-order valence-electron chi connectivity index (χ3n) is 8.86. The van der Waals surface area contributed by atoms with E-state index in [1.807, 2.05) is 30.3 Å². The standard InChI is InChI=1S/C43H38N4/c1-4-13-37(31-15-7-5-8-16-31)38-27-24-34-21-20-30(3)47(42(34)41(38)44)35-25-22-33(23-26-35)40-28-39(32-17-9-6-10-18-32)45-43(46-40)36-19-12-11-14-29(36)2/h5-28,30H,4,44H2,1-3H3/b37-13-. The van der Waals surface area contributed by atoms with E-state index in [0.29, 0.717) is 0 Å². The maximum atomic E-state index is 7.11. The molecule has 47 heavy (non-hydrogen) atoms. The molecule has 5 aromatic carbocycles. The van der Waals surface area contributed by atoms with Gasteiger partial charge in [-0.15, -0.1) is 0 Å². The third-order valence-corrected chi connectivity index (χ3v) is 8.86. The fourth-order valence-corrected chi connectivity index (χ4v) is 6.45. The Morgan fingerprint density at radius 3 is 2.09 bits per heavy atom. The minimum Gasteiger partial charge on any atom is -0.397 e. The lowest BCUT2D eigenvalue weighted by Crippen LogP contribution is -2.30. The molecule has 0 radical (unpaired) electrons. The first-order chi connectivity index (χ1) is 23.0. The van der Waals surface area contributed by atoms with Gasteiger partial charge in [0, 0.05) is 39.5 Å². The van der Waals surface area contributed by atoms with Gasteiger partial charge < -0.3 is 10.6 Å². The number of benzene rings is 5. The summed E-state index contributed by atoms with van der Waals surface area (Å²) < 4.78 is 0. The predicted molar refractivity (Wildman–Crippen MR) is 198 cm³/mol. The van der Waals surface area contributed by atoms with Crippen molar-refractivity contribution in [1.29, 1.82) is 0 Å². The van der Waals surface area contributed by atoms with Crippen LogP contribution >= 0.6 is 0 Å². The molecule has 0 fully saturated rings. The number of fused-ring (bicyclic) bond motifs is 1. The first-order valence-corrected chi connectivity index (χ1v) is 16.3. The van der Waals surface area contributed by atoms with Crippen LogP contribution in [-0.4, -0.2) is 16.0 Å². The van der Waals surface area contributed by atoms with E-state index in [1.54, 1.807) is 0 Å². The molecule has 1 atom stereocenters. The molecule has 2 heterocycles. The molecule has 2 N–H and O–H groups in total. The van der Waals surface area contributed by atoms with Crippen LogP contribution in [-0.2, 0) is 0 Å². The molecule has 0 amide bonds. The number of anilines is 3. The molecule has 0 spiro atoms. The fraction of sp³-hybridized carbons (Fsp3) is 0.116. The van der Waals surface area contributed by atoms with Crippen molar-refractivity contribution in [1.82, 2.24) is 9.97 Å². The maximum absolute atomic E-state index is 7.11. The summed E-state index contributed by atoms with van der Waals surface area (Å²) in [6, 6.07) is 44.3. The lowest BCUT2D eigenvalue weighted by molar-refractivity contribution is 0.859. The Kier molecular flexibility index (Phi) is 8.24. The van der Waals surface area contributed by atoms with E-state index >= 15 is 0 Å². The molecule has 0 saturated heterocycles. The first kappa shape index (κ1) is 29.9. The van der Waals surface area contributed by atoms with Crippen LogP contribution in [0, 0.1) is 6.92 Å². The monoisotopic (exact) mass is 610 g/mol. The van der Waals surface area contributed by atoms with E-state index < -0.39 is 0 Å². The van der Waals surface area contributed by atoms with Crippen molar-refractivity contribution in [2.24, 2.45) is 0 Å². The normalized spacial score (nSPS) is 14.2. The number of aryl methyl sites for hydroxylation is 1. The van der Waals surface area contributed by atoms with Crippen molar-refractivity contribution in [3.63, 3.8) is 0 Å². The average Bonchev–Trinajstić information content (AvgIpc) is 3.12. The molecule has 0 bridgehead atoms. The van der Waals surface area contributed by atoms with Crippen molar-refractivity contribution in [3.8, 4) is 33.9 Å². The van der Waals surface area contributed by atoms with E-state index in [2.05, 4.69) is 141 Å². The molecule has 1 aliphatic heterocycles. The van der Waals surface area contributed by atoms with Crippen molar-refractivity contribution in [2.45, 2.75) is 33.2 Å². The van der Waals surface area contributed by atoms with Crippen LogP contribution in [0.1, 0.15) is 42.5 Å². The summed E-state index contributed by atoms with van der Waals surface area (Å²) >= 11 is 0. The zero-order valence-electron chi connectivity index (χ0n) is 27.1. The van der Waals surface area contributed by atoms with Crippen LogP contribution in [0.3, 0.4) is 0 Å². The van der Waals surface area contributed by atoms with E-state index in [4.69, 9.17) is 15.7 Å². The van der Waals surface area contributed by atoms with Gasteiger partial charge in [0.1, 0.15) is 0 Å². The Morgan fingerprint density at radius 1 is 0.766 bits per heavy atom. The van der Waals surface area contributed by atoms with Crippen molar-refractivity contribution in [3.05, 3.63) is 162 Å². The predicted octanol–water partition coefficient (Wildman–Crippen LogP) is 10.8. The van der Waals surface area contributed by atoms with Gasteiger partial charge in [-0.05, 0) is 55.2 Å². The molecule has 4 nitrogen and oxygen atoms in total. The van der Waals surface area contributed by atoms with Crippen LogP contribution < -0.4 is 10.6 Å². The van der Waals surface area contributed by atoms with Crippen molar-refractivity contribution >= 4 is 28.7 Å². The topological polar surface area (TPSA) is 55.0 Å². The number of nitrogens with zero attached hydrogens (tertiary/aromatic N) is 3. The zero-order chi connectivity index (χ0) is 32.3. The minimum atomic E-state index is 0.123. The number of nitrogens with two attached hydrogens (primary N) is 1. The Hall–Kier alpha value is -5.74. The second kappa shape index (κ2) is 12.9. The molecule has 7 rings (SSSR count). The highest BCUT2D eigenvalue weighted by Crippen LogP contribution is 2.44. The highest BCUT2D eigenvalue weighted by Gasteiger charge is 2.26. The fourth-order valence-electron chi connectivity index (χ4n) is 6.45. The summed E-state index contributed by atoms with van der Waals surface area (Å²) in [4.78, 5) is 12.4. The lowest BCUT2D eigenvalue weighted by atomic mass is 9.91. The molecule has 1 unspecified atom stereocenters. The minimum absolute atomic E-state index is 0.123. The molecular formula is C43H38N4. The quantitative estimate of drug-likeness (QED) is 0.183. The van der Waals surface area contributed by atoms with Gasteiger partial charge in [-0.2, -0.15) is 0 Å². The molecule has 1 aromatic heterocycles. The summed E-state index contributed by atoms with van der Waals surface area (Å²) in [6.45, 7) is 6.48. The SMILES string of the molecule is CC/C=C(/c1ccccc1)c1ccc2c(c1N)N(c1ccc(-c3cc(-c4ccccc4)nc(-c4ccccc4C)n3)cc1)C(C)C=C2. The van der Waals surface area contributed by atoms with Gasteiger partial charge >= 0.3 is 0 Å². The number of rotatable bonds is 7. The lowest BCUT2D eigenvalue weighted by Gasteiger charge is -2.36. The first-order valence-electron chi connectivity index (χ1n) is 16.3. The molecule has 0 saturated carbocycles. The molecule has 0 aliphatic carbocycles. The van der Waals surface area contributed by atoms with Gasteiger partial charge in [0.2, 0.25) is 0 Å². The van der Waals surface area contributed by atoms with Gasteiger partial charge in [-0.25, -0.2) is 9.97 Å². The Bertz CT molecular complexity index is 2090. The van der Waals surface area contributed by atoms with Gasteiger partial charge in [0.15, 0.2) is 5.82 Å². The molecule has 4 heteroatoms. The summed E-state index contributed by atoms with van der Waals surface area (Å²) in [5.41, 5.74) is 20.6. The molecular weight excluding hydrogens is 573 g/mol. The van der Waals surface area contributed by atoms with E-state index in [-0.39, 0.29) is 6.04 Å². The Labute approximate surface area is 277 Å². The van der Waals surface area contributed by atoms with Gasteiger partial charge in [0.25, 0.3) is 0 Å². The summed E-state index contributed by atoms with van der Waals surface area (Å²) in [6.07, 6.45) is 7.62. The Morgan fingerprint density at radius 2 is 1.40 bits per heavy atom. The third kappa shape index (κ3) is 5.86. The number of hydrogen-bond donors (Lipinski definition) is 1. The number of allylic oxidation sites excluding steroid dienone is 1. The van der Waals surface area contributed by atoms with Crippen LogP contribution in [0.2, 0.25) is 0 Å². The second-order valence-electron chi connectivity index (χ2n) is 12.0. The summed E-state index contributed by atoms with van der Waals surface area (Å²) in [5.74, 6) is 0.724. The van der Waals surface area contributed by atoms with Crippen molar-refractivity contribution in [2.75, 3.05) is 10.6 Å². The van der Waals surface area contributed by atoms with Crippen LogP contribution in [0.25, 0.3) is 45.6 Å². The summed E-state index contributed by atoms with van der Waals surface area (Å²) in [5, 5.41) is 0. The molecule has 230 valence electrons.